The van der Waals surface area contributed by atoms with Gasteiger partial charge in [-0.2, -0.15) is 0 Å². The number of anilines is 1. The summed E-state index contributed by atoms with van der Waals surface area (Å²) in [7, 11) is 1.62. The molecule has 2 aliphatic heterocycles. The third-order valence-electron chi connectivity index (χ3n) is 5.59. The maximum atomic E-state index is 13.4. The summed E-state index contributed by atoms with van der Waals surface area (Å²) in [5, 5.41) is 1.23. The molecular formula is C21H17ClN2O3. The number of aromatic nitrogens is 1. The van der Waals surface area contributed by atoms with Gasteiger partial charge in [-0.1, -0.05) is 23.7 Å². The molecule has 0 aliphatic carbocycles. The van der Waals surface area contributed by atoms with E-state index in [1.54, 1.807) is 24.1 Å². The topological polar surface area (TPSA) is 51.5 Å². The second kappa shape index (κ2) is 5.86. The van der Waals surface area contributed by atoms with E-state index < -0.39 is 0 Å². The highest BCUT2D eigenvalue weighted by Crippen LogP contribution is 2.42. The lowest BCUT2D eigenvalue weighted by atomic mass is 9.84. The number of amides is 1. The summed E-state index contributed by atoms with van der Waals surface area (Å²) in [5.41, 5.74) is 2.42. The van der Waals surface area contributed by atoms with E-state index in [0.717, 1.165) is 22.6 Å². The van der Waals surface area contributed by atoms with Crippen LogP contribution in [0.1, 0.15) is 23.5 Å². The third kappa shape index (κ3) is 2.31. The molecule has 1 atom stereocenters. The smallest absolute Gasteiger partial charge is 0.229 e. The van der Waals surface area contributed by atoms with Gasteiger partial charge in [-0.25, -0.2) is 0 Å². The Labute approximate surface area is 160 Å². The Kier molecular flexibility index (Phi) is 3.56. The molecule has 5 rings (SSSR count). The lowest BCUT2D eigenvalue weighted by Crippen LogP contribution is -2.38. The van der Waals surface area contributed by atoms with Gasteiger partial charge in [0, 0.05) is 41.4 Å². The number of ether oxygens (including phenoxy) is 1. The van der Waals surface area contributed by atoms with Gasteiger partial charge in [-0.05, 0) is 35.9 Å². The fourth-order valence-electron chi connectivity index (χ4n) is 4.31. The van der Waals surface area contributed by atoms with Crippen LogP contribution in [0.5, 0.6) is 5.75 Å². The molecule has 0 spiro atoms. The van der Waals surface area contributed by atoms with Crippen LogP contribution in [0.15, 0.2) is 47.3 Å². The molecule has 136 valence electrons. The molecule has 1 amide bonds. The molecule has 0 fully saturated rings. The van der Waals surface area contributed by atoms with Gasteiger partial charge in [0.05, 0.1) is 12.6 Å². The highest BCUT2D eigenvalue weighted by atomic mass is 35.5. The van der Waals surface area contributed by atoms with E-state index in [9.17, 15) is 9.59 Å². The van der Waals surface area contributed by atoms with E-state index in [0.29, 0.717) is 35.5 Å². The largest absolute Gasteiger partial charge is 0.497 e. The van der Waals surface area contributed by atoms with Crippen LogP contribution in [0.2, 0.25) is 5.02 Å². The van der Waals surface area contributed by atoms with Gasteiger partial charge in [0.2, 0.25) is 5.91 Å². The fraction of sp³-hybridized carbons (Fsp3) is 0.238. The monoisotopic (exact) mass is 380 g/mol. The van der Waals surface area contributed by atoms with Crippen LogP contribution in [0.4, 0.5) is 5.82 Å². The van der Waals surface area contributed by atoms with Gasteiger partial charge in [0.25, 0.3) is 0 Å². The van der Waals surface area contributed by atoms with Crippen molar-refractivity contribution in [3.8, 4) is 5.75 Å². The molecule has 3 aromatic rings. The number of nitrogens with zero attached hydrogens (tertiary/aromatic N) is 2. The standard InChI is InChI=1S/C21H17ClN2O3/c1-27-14-5-2-12(3-6-14)16-11-18(25)24-9-8-23-17-10-13(22)4-7-15(17)20(26)19(16)21(23)24/h2-7,10,16H,8-9,11H2,1H3. The first-order valence-corrected chi connectivity index (χ1v) is 9.26. The van der Waals surface area contributed by atoms with Crippen LogP contribution in [0.25, 0.3) is 10.9 Å². The van der Waals surface area contributed by atoms with Crippen molar-refractivity contribution in [2.75, 3.05) is 18.6 Å². The van der Waals surface area contributed by atoms with Gasteiger partial charge in [-0.15, -0.1) is 0 Å². The zero-order valence-electron chi connectivity index (χ0n) is 14.7. The highest BCUT2D eigenvalue weighted by molar-refractivity contribution is 6.31. The lowest BCUT2D eigenvalue weighted by molar-refractivity contribution is -0.119. The summed E-state index contributed by atoms with van der Waals surface area (Å²) in [6.45, 7) is 1.26. The Morgan fingerprint density at radius 1 is 1.07 bits per heavy atom. The molecule has 6 heteroatoms. The molecule has 0 radical (unpaired) electrons. The van der Waals surface area contributed by atoms with Gasteiger partial charge in [-0.3, -0.25) is 14.5 Å². The number of methoxy groups -OCH3 is 1. The van der Waals surface area contributed by atoms with E-state index in [1.165, 1.54) is 0 Å². The van der Waals surface area contributed by atoms with E-state index in [-0.39, 0.29) is 17.3 Å². The summed E-state index contributed by atoms with van der Waals surface area (Å²) >= 11 is 6.17. The van der Waals surface area contributed by atoms with Crippen LogP contribution < -0.4 is 15.1 Å². The average molecular weight is 381 g/mol. The van der Waals surface area contributed by atoms with Gasteiger partial charge >= 0.3 is 0 Å². The summed E-state index contributed by atoms with van der Waals surface area (Å²) < 4.78 is 7.29. The van der Waals surface area contributed by atoms with Crippen LogP contribution >= 0.6 is 11.6 Å². The van der Waals surface area contributed by atoms with Crippen molar-refractivity contribution in [1.29, 1.82) is 0 Å². The summed E-state index contributed by atoms with van der Waals surface area (Å²) in [6.07, 6.45) is 0.299. The molecule has 5 nitrogen and oxygen atoms in total. The molecule has 0 N–H and O–H groups in total. The minimum absolute atomic E-state index is 0.0202. The number of carbonyl (C=O) groups excluding carboxylic acids is 1. The first-order chi connectivity index (χ1) is 13.1. The predicted octanol–water partition coefficient (Wildman–Crippen LogP) is 3.55. The molecule has 2 aliphatic rings. The molecular weight excluding hydrogens is 364 g/mol. The second-order valence-electron chi connectivity index (χ2n) is 6.95. The van der Waals surface area contributed by atoms with E-state index in [4.69, 9.17) is 16.3 Å². The average Bonchev–Trinajstić information content (AvgIpc) is 3.13. The fourth-order valence-corrected chi connectivity index (χ4v) is 4.48. The third-order valence-corrected chi connectivity index (χ3v) is 5.82. The molecule has 1 unspecified atom stereocenters. The molecule has 27 heavy (non-hydrogen) atoms. The van der Waals surface area contributed by atoms with Crippen molar-refractivity contribution in [1.82, 2.24) is 4.57 Å². The van der Waals surface area contributed by atoms with Crippen LogP contribution in [0, 0.1) is 0 Å². The number of fused-ring (bicyclic) bond motifs is 2. The van der Waals surface area contributed by atoms with Crippen molar-refractivity contribution >= 4 is 34.2 Å². The Morgan fingerprint density at radius 2 is 1.85 bits per heavy atom. The van der Waals surface area contributed by atoms with Crippen molar-refractivity contribution in [3.05, 3.63) is 68.8 Å². The Hall–Kier alpha value is -2.79. The number of halogens is 1. The van der Waals surface area contributed by atoms with Crippen molar-refractivity contribution in [3.63, 3.8) is 0 Å². The number of hydrogen-bond acceptors (Lipinski definition) is 3. The molecule has 0 saturated carbocycles. The molecule has 1 aromatic heterocycles. The zero-order valence-corrected chi connectivity index (χ0v) is 15.5. The Bertz CT molecular complexity index is 1150. The number of benzene rings is 2. The predicted molar refractivity (Wildman–Crippen MR) is 105 cm³/mol. The zero-order chi connectivity index (χ0) is 18.7. The van der Waals surface area contributed by atoms with Gasteiger partial charge in [0.15, 0.2) is 5.43 Å². The van der Waals surface area contributed by atoms with E-state index in [2.05, 4.69) is 4.57 Å². The molecule has 0 saturated heterocycles. The molecule has 3 heterocycles. The van der Waals surface area contributed by atoms with Crippen molar-refractivity contribution in [2.45, 2.75) is 18.9 Å². The summed E-state index contributed by atoms with van der Waals surface area (Å²) in [6, 6.07) is 12.9. The number of rotatable bonds is 2. The Morgan fingerprint density at radius 3 is 2.59 bits per heavy atom. The lowest BCUT2D eigenvalue weighted by Gasteiger charge is -2.31. The van der Waals surface area contributed by atoms with Gasteiger partial charge in [0.1, 0.15) is 11.6 Å². The SMILES string of the molecule is COc1ccc(C2CC(=O)N3CCn4c3c2c(=O)c2ccc(Cl)cc24)cc1. The first kappa shape index (κ1) is 16.4. The Balaban J connectivity index is 1.81. The number of pyridine rings is 1. The van der Waals surface area contributed by atoms with Crippen LogP contribution in [-0.2, 0) is 11.3 Å². The maximum Gasteiger partial charge on any atom is 0.229 e. The molecule has 2 aromatic carbocycles. The minimum atomic E-state index is -0.258. The van der Waals surface area contributed by atoms with Crippen molar-refractivity contribution < 1.29 is 9.53 Å². The molecule has 0 bridgehead atoms. The quantitative estimate of drug-likeness (QED) is 0.683. The second-order valence-corrected chi connectivity index (χ2v) is 7.39. The number of hydrogen-bond donors (Lipinski definition) is 0. The van der Waals surface area contributed by atoms with Crippen LogP contribution in [-0.4, -0.2) is 24.1 Å². The summed E-state index contributed by atoms with van der Waals surface area (Å²) in [5.74, 6) is 1.27. The van der Waals surface area contributed by atoms with Crippen LogP contribution in [0.3, 0.4) is 0 Å². The summed E-state index contributed by atoms with van der Waals surface area (Å²) in [4.78, 5) is 28.0. The van der Waals surface area contributed by atoms with Gasteiger partial charge < -0.3 is 9.30 Å². The first-order valence-electron chi connectivity index (χ1n) is 8.89. The normalized spacial score (nSPS) is 18.1. The van der Waals surface area contributed by atoms with E-state index >= 15 is 0 Å². The maximum absolute atomic E-state index is 13.4. The minimum Gasteiger partial charge on any atom is -0.497 e. The highest BCUT2D eigenvalue weighted by Gasteiger charge is 2.39. The van der Waals surface area contributed by atoms with Crippen molar-refractivity contribution in [2.24, 2.45) is 0 Å². The van der Waals surface area contributed by atoms with E-state index in [1.807, 2.05) is 30.3 Å². The number of carbonyl (C=O) groups is 1.